The van der Waals surface area contributed by atoms with Crippen LogP contribution < -0.4 is 4.74 Å². The van der Waals surface area contributed by atoms with Gasteiger partial charge in [0, 0.05) is 4.47 Å². The smallest absolute Gasteiger partial charge is 0.232 e. The molecule has 3 aromatic rings. The number of aromatic amines is 1. The zero-order valence-corrected chi connectivity index (χ0v) is 13.3. The summed E-state index contributed by atoms with van der Waals surface area (Å²) in [5.74, 6) is 1.04. The normalized spacial score (nSPS) is 10.6. The quantitative estimate of drug-likeness (QED) is 0.723. The van der Waals surface area contributed by atoms with E-state index in [0.717, 1.165) is 10.2 Å². The summed E-state index contributed by atoms with van der Waals surface area (Å²) >= 11 is 8.71. The van der Waals surface area contributed by atoms with Crippen LogP contribution in [0, 0.1) is 4.77 Å². The van der Waals surface area contributed by atoms with E-state index in [0.29, 0.717) is 22.2 Å². The van der Waals surface area contributed by atoms with Gasteiger partial charge in [-0.25, -0.2) is 9.97 Å². The Bertz CT molecular complexity index is 810. The predicted molar refractivity (Wildman–Crippen MR) is 84.0 cm³/mol. The van der Waals surface area contributed by atoms with Crippen molar-refractivity contribution < 1.29 is 4.74 Å². The van der Waals surface area contributed by atoms with E-state index in [1.165, 1.54) is 0 Å². The van der Waals surface area contributed by atoms with Crippen LogP contribution in [0.1, 0.15) is 0 Å². The second-order valence-electron chi connectivity index (χ2n) is 4.11. The maximum atomic E-state index is 5.30. The molecule has 0 radical (unpaired) electrons. The van der Waals surface area contributed by atoms with E-state index in [1.54, 1.807) is 24.1 Å². The van der Waals surface area contributed by atoms with Gasteiger partial charge in [0.1, 0.15) is 5.69 Å². The van der Waals surface area contributed by atoms with Crippen LogP contribution in [0.3, 0.4) is 0 Å². The highest BCUT2D eigenvalue weighted by Gasteiger charge is 2.12. The maximum absolute atomic E-state index is 5.30. The Balaban J connectivity index is 2.11. The molecule has 0 fully saturated rings. The molecule has 0 unspecified atom stereocenters. The van der Waals surface area contributed by atoms with Crippen molar-refractivity contribution in [2.75, 3.05) is 7.11 Å². The number of nitrogens with zero attached hydrogens (tertiary/aromatic N) is 4. The van der Waals surface area contributed by atoms with Crippen LogP contribution in [0.25, 0.3) is 17.2 Å². The van der Waals surface area contributed by atoms with Crippen LogP contribution in [0.5, 0.6) is 5.88 Å². The Hall–Kier alpha value is -2.06. The van der Waals surface area contributed by atoms with Gasteiger partial charge in [0.25, 0.3) is 0 Å². The van der Waals surface area contributed by atoms with Crippen LogP contribution in [0.4, 0.5) is 0 Å². The van der Waals surface area contributed by atoms with Crippen molar-refractivity contribution in [2.24, 2.45) is 0 Å². The first-order valence-electron chi connectivity index (χ1n) is 5.99. The van der Waals surface area contributed by atoms with E-state index >= 15 is 0 Å². The lowest BCUT2D eigenvalue weighted by Gasteiger charge is -2.06. The van der Waals surface area contributed by atoms with E-state index < -0.39 is 0 Å². The number of ether oxygens (including phenoxy) is 1. The van der Waals surface area contributed by atoms with Gasteiger partial charge >= 0.3 is 0 Å². The summed E-state index contributed by atoms with van der Waals surface area (Å²) in [5, 5.41) is 7.01. The number of benzene rings is 1. The number of hydrogen-bond acceptors (Lipinski definition) is 5. The van der Waals surface area contributed by atoms with Crippen LogP contribution in [0.15, 0.2) is 41.1 Å². The Morgan fingerprint density at radius 1 is 1.19 bits per heavy atom. The number of rotatable bonds is 3. The van der Waals surface area contributed by atoms with E-state index in [4.69, 9.17) is 17.0 Å². The van der Waals surface area contributed by atoms with Crippen molar-refractivity contribution in [2.45, 2.75) is 0 Å². The van der Waals surface area contributed by atoms with Gasteiger partial charge in [-0.15, -0.1) is 0 Å². The summed E-state index contributed by atoms with van der Waals surface area (Å²) in [5.41, 5.74) is 1.50. The molecule has 3 rings (SSSR count). The van der Waals surface area contributed by atoms with Gasteiger partial charge in [-0.2, -0.15) is 5.10 Å². The van der Waals surface area contributed by atoms with E-state index in [9.17, 15) is 0 Å². The van der Waals surface area contributed by atoms with Gasteiger partial charge in [0.2, 0.25) is 5.88 Å². The predicted octanol–water partition coefficient (Wildman–Crippen LogP) is 3.16. The van der Waals surface area contributed by atoms with Gasteiger partial charge < -0.3 is 4.74 Å². The number of H-pyrrole nitrogens is 1. The molecule has 6 nitrogen and oxygen atoms in total. The van der Waals surface area contributed by atoms with Crippen molar-refractivity contribution in [1.82, 2.24) is 24.7 Å². The molecule has 1 N–H and O–H groups in total. The summed E-state index contributed by atoms with van der Waals surface area (Å²) in [6, 6.07) is 7.76. The Kier molecular flexibility index (Phi) is 3.80. The van der Waals surface area contributed by atoms with E-state index in [-0.39, 0.29) is 0 Å². The number of halogens is 1. The van der Waals surface area contributed by atoms with Crippen molar-refractivity contribution in [3.05, 3.63) is 45.9 Å². The van der Waals surface area contributed by atoms with Gasteiger partial charge in [-0.05, 0) is 36.5 Å². The highest BCUT2D eigenvalue weighted by molar-refractivity contribution is 9.10. The lowest BCUT2D eigenvalue weighted by Crippen LogP contribution is -2.00. The largest absolute Gasteiger partial charge is 0.480 e. The topological polar surface area (TPSA) is 68.6 Å². The number of nitrogens with one attached hydrogen (secondary N) is 1. The first kappa shape index (κ1) is 13.9. The molecule has 0 saturated carbocycles. The first-order chi connectivity index (χ1) is 10.2. The molecule has 2 heterocycles. The highest BCUT2D eigenvalue weighted by atomic mass is 79.9. The molecular weight excluding hydrogens is 354 g/mol. The summed E-state index contributed by atoms with van der Waals surface area (Å²) in [4.78, 5) is 8.43. The minimum atomic E-state index is 0.447. The number of hydrogen-bond donors (Lipinski definition) is 1. The van der Waals surface area contributed by atoms with Crippen LogP contribution in [-0.4, -0.2) is 31.8 Å². The number of aromatic nitrogens is 5. The fourth-order valence-electron chi connectivity index (χ4n) is 1.84. The molecule has 0 spiro atoms. The van der Waals surface area contributed by atoms with Crippen molar-refractivity contribution in [1.29, 1.82) is 0 Å². The van der Waals surface area contributed by atoms with Gasteiger partial charge in [-0.3, -0.25) is 9.67 Å². The second kappa shape index (κ2) is 5.74. The molecule has 1 aromatic carbocycles. The third-order valence-electron chi connectivity index (χ3n) is 2.82. The summed E-state index contributed by atoms with van der Waals surface area (Å²) in [7, 11) is 1.54. The monoisotopic (exact) mass is 363 g/mol. The lowest BCUT2D eigenvalue weighted by molar-refractivity contribution is 0.396. The molecule has 21 heavy (non-hydrogen) atoms. The molecule has 0 aliphatic rings. The van der Waals surface area contributed by atoms with Gasteiger partial charge in [0.15, 0.2) is 10.6 Å². The molecular formula is C13H10BrN5OS. The molecule has 0 aliphatic carbocycles. The molecule has 106 valence electrons. The zero-order chi connectivity index (χ0) is 14.8. The third kappa shape index (κ3) is 2.72. The van der Waals surface area contributed by atoms with Crippen LogP contribution >= 0.6 is 28.1 Å². The minimum Gasteiger partial charge on any atom is -0.480 e. The zero-order valence-electron chi connectivity index (χ0n) is 10.9. The molecule has 0 atom stereocenters. The Morgan fingerprint density at radius 3 is 2.57 bits per heavy atom. The van der Waals surface area contributed by atoms with Crippen LogP contribution in [0.2, 0.25) is 0 Å². The molecule has 8 heteroatoms. The van der Waals surface area contributed by atoms with Gasteiger partial charge in [0.05, 0.1) is 25.2 Å². The Labute approximate surface area is 134 Å². The second-order valence-corrected chi connectivity index (χ2v) is 5.41. The van der Waals surface area contributed by atoms with Crippen LogP contribution in [-0.2, 0) is 0 Å². The Morgan fingerprint density at radius 2 is 1.95 bits per heavy atom. The van der Waals surface area contributed by atoms with Crippen molar-refractivity contribution in [3.63, 3.8) is 0 Å². The maximum Gasteiger partial charge on any atom is 0.232 e. The fourth-order valence-corrected chi connectivity index (χ4v) is 2.34. The average molecular weight is 364 g/mol. The highest BCUT2D eigenvalue weighted by Crippen LogP contribution is 2.21. The molecule has 0 bridgehead atoms. The van der Waals surface area contributed by atoms with E-state index in [1.807, 2.05) is 24.3 Å². The first-order valence-corrected chi connectivity index (χ1v) is 7.19. The number of methoxy groups -OCH3 is 1. The van der Waals surface area contributed by atoms with Crippen molar-refractivity contribution >= 4 is 28.1 Å². The molecule has 0 aliphatic heterocycles. The molecule has 0 amide bonds. The summed E-state index contributed by atoms with van der Waals surface area (Å²) in [6.07, 6.45) is 3.14. The van der Waals surface area contributed by atoms with E-state index in [2.05, 4.69) is 36.1 Å². The third-order valence-corrected chi connectivity index (χ3v) is 3.63. The standard InChI is InChI=1S/C13H10BrN5OS/c1-20-11-7-15-10(6-16-11)12-17-18-13(21)19(12)9-4-2-8(14)3-5-9/h2-7H,1H3,(H,18,21). The van der Waals surface area contributed by atoms with Gasteiger partial charge in [-0.1, -0.05) is 15.9 Å². The lowest BCUT2D eigenvalue weighted by atomic mass is 10.3. The average Bonchev–Trinajstić information content (AvgIpc) is 2.90. The summed E-state index contributed by atoms with van der Waals surface area (Å²) < 4.78 is 8.29. The minimum absolute atomic E-state index is 0.447. The summed E-state index contributed by atoms with van der Waals surface area (Å²) in [6.45, 7) is 0. The van der Waals surface area contributed by atoms with Crippen molar-refractivity contribution in [3.8, 4) is 23.1 Å². The molecule has 2 aromatic heterocycles. The SMILES string of the molecule is COc1cnc(-c2n[nH]c(=S)n2-c2ccc(Br)cc2)cn1. The molecule has 0 saturated heterocycles. The fraction of sp³-hybridized carbons (Fsp3) is 0.0769.